The monoisotopic (exact) mass is 362 g/mol. The van der Waals surface area contributed by atoms with Gasteiger partial charge in [-0.3, -0.25) is 4.79 Å². The topological polar surface area (TPSA) is 78.9 Å². The Kier molecular flexibility index (Phi) is 7.03. The fourth-order valence-electron chi connectivity index (χ4n) is 2.96. The van der Waals surface area contributed by atoms with Crippen LogP contribution in [0.3, 0.4) is 0 Å². The Bertz CT molecular complexity index is 599. The number of carbonyl (C=O) groups is 2. The average Bonchev–Trinajstić information content (AvgIpc) is 2.60. The molecule has 1 aromatic carbocycles. The molecule has 2 amide bonds. The fraction of sp³-hybridized carbons (Fsp3) is 0.600. The van der Waals surface area contributed by atoms with Crippen LogP contribution in [0.25, 0.3) is 0 Å². The van der Waals surface area contributed by atoms with E-state index in [1.807, 2.05) is 24.3 Å². The molecule has 0 spiro atoms. The molecule has 6 heteroatoms. The van der Waals surface area contributed by atoms with E-state index in [9.17, 15) is 14.7 Å². The third kappa shape index (κ3) is 6.33. The highest BCUT2D eigenvalue weighted by atomic mass is 16.6. The number of aliphatic hydroxyl groups is 1. The maximum absolute atomic E-state index is 12.4. The van der Waals surface area contributed by atoms with Crippen molar-refractivity contribution in [2.45, 2.75) is 58.1 Å². The van der Waals surface area contributed by atoms with E-state index in [4.69, 9.17) is 4.74 Å². The zero-order valence-electron chi connectivity index (χ0n) is 16.0. The summed E-state index contributed by atoms with van der Waals surface area (Å²) in [6.45, 7) is 6.95. The van der Waals surface area contributed by atoms with Crippen molar-refractivity contribution >= 4 is 12.0 Å². The Morgan fingerprint density at radius 1 is 1.23 bits per heavy atom. The Labute approximate surface area is 155 Å². The van der Waals surface area contributed by atoms with Crippen LogP contribution in [0.1, 0.15) is 56.0 Å². The Morgan fingerprint density at radius 3 is 2.38 bits per heavy atom. The molecule has 1 saturated heterocycles. The first-order chi connectivity index (χ1) is 12.3. The summed E-state index contributed by atoms with van der Waals surface area (Å²) in [7, 11) is 0. The maximum atomic E-state index is 12.4. The predicted octanol–water partition coefficient (Wildman–Crippen LogP) is 2.74. The Hall–Kier alpha value is -2.08. The molecule has 0 radical (unpaired) electrons. The highest BCUT2D eigenvalue weighted by molar-refractivity contribution is 5.94. The summed E-state index contributed by atoms with van der Waals surface area (Å²) in [5.41, 5.74) is 1.05. The molecule has 0 unspecified atom stereocenters. The molecule has 1 heterocycles. The number of hydrogen-bond acceptors (Lipinski definition) is 4. The van der Waals surface area contributed by atoms with Gasteiger partial charge in [0, 0.05) is 24.7 Å². The molecule has 1 aliphatic heterocycles. The minimum atomic E-state index is -0.686. The fourth-order valence-corrected chi connectivity index (χ4v) is 2.96. The lowest BCUT2D eigenvalue weighted by Gasteiger charge is -2.31. The molecule has 0 bridgehead atoms. The van der Waals surface area contributed by atoms with E-state index >= 15 is 0 Å². The molecule has 1 aliphatic rings. The number of hydrogen-bond donors (Lipinski definition) is 2. The first kappa shape index (κ1) is 20.2. The number of piperidine rings is 1. The van der Waals surface area contributed by atoms with Gasteiger partial charge in [0.25, 0.3) is 5.91 Å². The van der Waals surface area contributed by atoms with Gasteiger partial charge in [-0.1, -0.05) is 12.1 Å². The maximum Gasteiger partial charge on any atom is 0.409 e. The van der Waals surface area contributed by atoms with Crippen LogP contribution in [0.2, 0.25) is 0 Å². The molecule has 2 rings (SSSR count). The van der Waals surface area contributed by atoms with Gasteiger partial charge in [-0.2, -0.15) is 0 Å². The van der Waals surface area contributed by atoms with Gasteiger partial charge in [0.1, 0.15) is 0 Å². The second-order valence-corrected chi connectivity index (χ2v) is 7.44. The summed E-state index contributed by atoms with van der Waals surface area (Å²) < 4.78 is 5.00. The molecule has 1 aromatic rings. The summed E-state index contributed by atoms with van der Waals surface area (Å²) in [4.78, 5) is 25.8. The summed E-state index contributed by atoms with van der Waals surface area (Å²) in [6, 6.07) is 7.59. The first-order valence-electron chi connectivity index (χ1n) is 9.32. The van der Waals surface area contributed by atoms with Gasteiger partial charge < -0.3 is 20.1 Å². The molecule has 144 valence electrons. The zero-order valence-corrected chi connectivity index (χ0v) is 16.0. The highest BCUT2D eigenvalue weighted by Gasteiger charge is 2.24. The number of nitrogens with zero attached hydrogens (tertiary/aromatic N) is 1. The number of likely N-dealkylation sites (tertiary alicyclic amines) is 1. The lowest BCUT2D eigenvalue weighted by Crippen LogP contribution is -2.46. The van der Waals surface area contributed by atoms with Gasteiger partial charge in [-0.05, 0) is 64.2 Å². The number of nitrogens with one attached hydrogen (secondary N) is 1. The molecular formula is C20H30N2O4. The van der Waals surface area contributed by atoms with Crippen molar-refractivity contribution in [1.82, 2.24) is 10.2 Å². The minimum Gasteiger partial charge on any atom is -0.450 e. The van der Waals surface area contributed by atoms with Gasteiger partial charge in [0.05, 0.1) is 12.2 Å². The molecule has 0 atom stereocenters. The summed E-state index contributed by atoms with van der Waals surface area (Å²) in [6.07, 6.45) is 2.64. The van der Waals surface area contributed by atoms with Crippen LogP contribution >= 0.6 is 0 Å². The van der Waals surface area contributed by atoms with Crippen molar-refractivity contribution in [2.75, 3.05) is 19.7 Å². The number of benzene rings is 1. The number of aryl methyl sites for hydroxylation is 1. The van der Waals surface area contributed by atoms with Gasteiger partial charge >= 0.3 is 6.09 Å². The van der Waals surface area contributed by atoms with Crippen LogP contribution in [-0.4, -0.2) is 53.3 Å². The van der Waals surface area contributed by atoms with Crippen LogP contribution in [-0.2, 0) is 11.2 Å². The lowest BCUT2D eigenvalue weighted by atomic mass is 9.98. The highest BCUT2D eigenvalue weighted by Crippen LogP contribution is 2.15. The summed E-state index contributed by atoms with van der Waals surface area (Å²) >= 11 is 0. The van der Waals surface area contributed by atoms with Crippen molar-refractivity contribution in [3.8, 4) is 0 Å². The van der Waals surface area contributed by atoms with Crippen molar-refractivity contribution in [3.05, 3.63) is 35.4 Å². The van der Waals surface area contributed by atoms with E-state index in [0.29, 0.717) is 31.7 Å². The third-order valence-electron chi connectivity index (χ3n) is 4.60. The zero-order chi connectivity index (χ0) is 19.2. The predicted molar refractivity (Wildman–Crippen MR) is 100 cm³/mol. The quantitative estimate of drug-likeness (QED) is 0.816. The minimum absolute atomic E-state index is 0.0723. The van der Waals surface area contributed by atoms with E-state index in [-0.39, 0.29) is 18.0 Å². The smallest absolute Gasteiger partial charge is 0.409 e. The van der Waals surface area contributed by atoms with Crippen LogP contribution in [0.15, 0.2) is 24.3 Å². The lowest BCUT2D eigenvalue weighted by molar-refractivity contribution is 0.0713. The van der Waals surface area contributed by atoms with Gasteiger partial charge in [-0.25, -0.2) is 4.79 Å². The van der Waals surface area contributed by atoms with E-state index in [2.05, 4.69) is 5.32 Å². The molecule has 0 saturated carbocycles. The number of amides is 2. The van der Waals surface area contributed by atoms with E-state index in [1.165, 1.54) is 0 Å². The number of ether oxygens (including phenoxy) is 1. The van der Waals surface area contributed by atoms with Crippen molar-refractivity contribution < 1.29 is 19.4 Å². The number of carbonyl (C=O) groups excluding carboxylic acids is 2. The largest absolute Gasteiger partial charge is 0.450 e. The average molecular weight is 362 g/mol. The Morgan fingerprint density at radius 2 is 1.85 bits per heavy atom. The SMILES string of the molecule is CCOC(=O)N1CCC(NC(=O)c2ccc(CCC(C)(C)O)cc2)CC1. The normalized spacial score (nSPS) is 15.6. The molecule has 6 nitrogen and oxygen atoms in total. The third-order valence-corrected chi connectivity index (χ3v) is 4.60. The van der Waals surface area contributed by atoms with Crippen LogP contribution in [0.4, 0.5) is 4.79 Å². The van der Waals surface area contributed by atoms with Crippen LogP contribution < -0.4 is 5.32 Å². The van der Waals surface area contributed by atoms with Crippen LogP contribution in [0.5, 0.6) is 0 Å². The Balaban J connectivity index is 1.80. The molecule has 0 aliphatic carbocycles. The second-order valence-electron chi connectivity index (χ2n) is 7.44. The molecule has 2 N–H and O–H groups in total. The van der Waals surface area contributed by atoms with Crippen LogP contribution in [0, 0.1) is 0 Å². The standard InChI is InChI=1S/C20H30N2O4/c1-4-26-19(24)22-13-10-17(11-14-22)21-18(23)16-7-5-15(6-8-16)9-12-20(2,3)25/h5-8,17,25H,4,9-14H2,1-3H3,(H,21,23). The van der Waals surface area contributed by atoms with E-state index in [0.717, 1.165) is 24.8 Å². The molecule has 0 aromatic heterocycles. The molecule has 26 heavy (non-hydrogen) atoms. The summed E-state index contributed by atoms with van der Waals surface area (Å²) in [5.74, 6) is -0.0892. The van der Waals surface area contributed by atoms with Crippen molar-refractivity contribution in [3.63, 3.8) is 0 Å². The van der Waals surface area contributed by atoms with Crippen molar-refractivity contribution in [1.29, 1.82) is 0 Å². The van der Waals surface area contributed by atoms with Gasteiger partial charge in [0.2, 0.25) is 0 Å². The molecular weight excluding hydrogens is 332 g/mol. The van der Waals surface area contributed by atoms with E-state index < -0.39 is 5.60 Å². The summed E-state index contributed by atoms with van der Waals surface area (Å²) in [5, 5.41) is 12.8. The first-order valence-corrected chi connectivity index (χ1v) is 9.32. The second kappa shape index (κ2) is 9.03. The van der Waals surface area contributed by atoms with Gasteiger partial charge in [-0.15, -0.1) is 0 Å². The van der Waals surface area contributed by atoms with E-state index in [1.54, 1.807) is 25.7 Å². The molecule has 1 fully saturated rings. The number of rotatable bonds is 6. The van der Waals surface area contributed by atoms with Crippen molar-refractivity contribution in [2.24, 2.45) is 0 Å². The van der Waals surface area contributed by atoms with Gasteiger partial charge in [0.15, 0.2) is 0 Å².